The first-order chi connectivity index (χ1) is 10.2. The van der Waals surface area contributed by atoms with Gasteiger partial charge >= 0.3 is 5.97 Å². The van der Waals surface area contributed by atoms with Gasteiger partial charge in [-0.05, 0) is 25.0 Å². The summed E-state index contributed by atoms with van der Waals surface area (Å²) in [6.07, 6.45) is 4.43. The Morgan fingerprint density at radius 3 is 2.27 bits per heavy atom. The number of aliphatic carboxylic acids is 1. The maximum absolute atomic E-state index is 12.6. The number of carboxylic acids is 1. The molecule has 22 heavy (non-hydrogen) atoms. The highest BCUT2D eigenvalue weighted by Gasteiger charge is 2.45. The minimum absolute atomic E-state index is 0.109. The lowest BCUT2D eigenvalue weighted by Gasteiger charge is -2.40. The molecule has 0 saturated heterocycles. The first kappa shape index (κ1) is 17.0. The zero-order valence-electron chi connectivity index (χ0n) is 12.5. The molecule has 122 valence electrons. The molecular weight excluding hydrogens is 326 g/mol. The van der Waals surface area contributed by atoms with Gasteiger partial charge in [-0.25, -0.2) is 13.2 Å². The number of thiophene rings is 1. The van der Waals surface area contributed by atoms with Crippen molar-refractivity contribution in [2.24, 2.45) is 0 Å². The fourth-order valence-electron chi connectivity index (χ4n) is 2.82. The second-order valence-electron chi connectivity index (χ2n) is 5.65. The van der Waals surface area contributed by atoms with Crippen LogP contribution >= 0.6 is 11.3 Å². The van der Waals surface area contributed by atoms with E-state index in [4.69, 9.17) is 0 Å². The van der Waals surface area contributed by atoms with Crippen molar-refractivity contribution >= 4 is 33.1 Å². The molecule has 0 atom stereocenters. The van der Waals surface area contributed by atoms with Crippen LogP contribution in [-0.4, -0.2) is 49.1 Å². The number of carboxylic acid groups (broad SMARTS) is 1. The van der Waals surface area contributed by atoms with E-state index in [-0.39, 0.29) is 9.09 Å². The molecule has 1 amide bonds. The molecule has 0 aromatic carbocycles. The topological polar surface area (TPSA) is 91.8 Å². The zero-order valence-corrected chi connectivity index (χ0v) is 14.2. The van der Waals surface area contributed by atoms with Crippen LogP contribution < -0.4 is 0 Å². The van der Waals surface area contributed by atoms with Gasteiger partial charge in [-0.1, -0.05) is 19.3 Å². The summed E-state index contributed by atoms with van der Waals surface area (Å²) in [5.74, 6) is -1.44. The normalized spacial score (nSPS) is 17.9. The minimum atomic E-state index is -3.37. The van der Waals surface area contributed by atoms with E-state index in [9.17, 15) is 23.1 Å². The van der Waals surface area contributed by atoms with Crippen LogP contribution in [0.3, 0.4) is 0 Å². The third kappa shape index (κ3) is 3.03. The van der Waals surface area contributed by atoms with Crippen molar-refractivity contribution in [2.45, 2.75) is 41.9 Å². The quantitative estimate of drug-likeness (QED) is 0.901. The monoisotopic (exact) mass is 345 g/mol. The van der Waals surface area contributed by atoms with E-state index in [1.165, 1.54) is 24.1 Å². The molecule has 1 aromatic heterocycles. The van der Waals surface area contributed by atoms with Crippen LogP contribution in [0.2, 0.25) is 0 Å². The Morgan fingerprint density at radius 1 is 1.23 bits per heavy atom. The number of amides is 1. The number of carbonyl (C=O) groups excluding carboxylic acids is 1. The van der Waals surface area contributed by atoms with E-state index in [2.05, 4.69) is 0 Å². The summed E-state index contributed by atoms with van der Waals surface area (Å²) >= 11 is 0.879. The Kier molecular flexibility index (Phi) is 4.62. The lowest BCUT2D eigenvalue weighted by molar-refractivity contribution is -0.151. The molecule has 0 unspecified atom stereocenters. The molecule has 1 aliphatic rings. The predicted molar refractivity (Wildman–Crippen MR) is 83.0 cm³/mol. The molecule has 8 heteroatoms. The molecule has 0 bridgehead atoms. The van der Waals surface area contributed by atoms with Crippen LogP contribution in [0.15, 0.2) is 16.3 Å². The van der Waals surface area contributed by atoms with Gasteiger partial charge in [0.1, 0.15) is 9.75 Å². The third-order valence-corrected chi connectivity index (χ3v) is 7.08. The molecule has 2 rings (SSSR count). The van der Waals surface area contributed by atoms with E-state index >= 15 is 0 Å². The van der Waals surface area contributed by atoms with Crippen LogP contribution in [0.1, 0.15) is 41.8 Å². The SMILES string of the molecule is CN(C(=O)c1ccc(S(C)(=O)=O)s1)C1(C(=O)O)CCCCC1. The Bertz CT molecular complexity index is 686. The lowest BCUT2D eigenvalue weighted by atomic mass is 9.80. The van der Waals surface area contributed by atoms with Gasteiger partial charge in [-0.15, -0.1) is 11.3 Å². The highest BCUT2D eigenvalue weighted by molar-refractivity contribution is 7.92. The van der Waals surface area contributed by atoms with Gasteiger partial charge in [0.05, 0.1) is 4.88 Å². The molecule has 1 saturated carbocycles. The van der Waals surface area contributed by atoms with Crippen LogP contribution in [0.4, 0.5) is 0 Å². The average molecular weight is 345 g/mol. The van der Waals surface area contributed by atoms with Crippen molar-refractivity contribution in [3.05, 3.63) is 17.0 Å². The maximum atomic E-state index is 12.6. The number of nitrogens with zero attached hydrogens (tertiary/aromatic N) is 1. The Morgan fingerprint density at radius 2 is 1.82 bits per heavy atom. The van der Waals surface area contributed by atoms with Crippen LogP contribution in [0.25, 0.3) is 0 Å². The standard InChI is InChI=1S/C14H19NO5S2/c1-15(14(13(17)18)8-4-3-5-9-14)12(16)10-6-7-11(21-10)22(2,19)20/h6-7H,3-5,8-9H2,1-2H3,(H,17,18). The van der Waals surface area contributed by atoms with E-state index in [0.717, 1.165) is 36.9 Å². The number of hydrogen-bond acceptors (Lipinski definition) is 5. The number of rotatable bonds is 4. The Balaban J connectivity index is 2.31. The molecule has 1 N–H and O–H groups in total. The van der Waals surface area contributed by atoms with Crippen molar-refractivity contribution in [1.82, 2.24) is 4.90 Å². The van der Waals surface area contributed by atoms with Gasteiger partial charge in [-0.2, -0.15) is 0 Å². The molecular formula is C14H19NO5S2. The fraction of sp³-hybridized carbons (Fsp3) is 0.571. The maximum Gasteiger partial charge on any atom is 0.329 e. The number of likely N-dealkylation sites (N-methyl/N-ethyl adjacent to an activating group) is 1. The van der Waals surface area contributed by atoms with E-state index in [1.54, 1.807) is 0 Å². The number of hydrogen-bond donors (Lipinski definition) is 1. The highest BCUT2D eigenvalue weighted by Crippen LogP contribution is 2.35. The predicted octanol–water partition coefficient (Wildman–Crippen LogP) is 2.01. The molecule has 1 fully saturated rings. The minimum Gasteiger partial charge on any atom is -0.479 e. The van der Waals surface area contributed by atoms with E-state index in [1.807, 2.05) is 0 Å². The van der Waals surface area contributed by atoms with Gasteiger partial charge in [0.2, 0.25) is 0 Å². The summed E-state index contributed by atoms with van der Waals surface area (Å²) in [5, 5.41) is 9.60. The van der Waals surface area contributed by atoms with Crippen LogP contribution in [0, 0.1) is 0 Å². The van der Waals surface area contributed by atoms with Gasteiger partial charge in [0, 0.05) is 13.3 Å². The summed E-state index contributed by atoms with van der Waals surface area (Å²) in [7, 11) is -1.88. The van der Waals surface area contributed by atoms with Crippen LogP contribution in [0.5, 0.6) is 0 Å². The second-order valence-corrected chi connectivity index (χ2v) is 8.98. The Hall–Kier alpha value is -1.41. The summed E-state index contributed by atoms with van der Waals surface area (Å²) in [5.41, 5.74) is -1.19. The zero-order chi connectivity index (χ0) is 16.5. The average Bonchev–Trinajstić information content (AvgIpc) is 2.96. The smallest absolute Gasteiger partial charge is 0.329 e. The second kappa shape index (κ2) is 6.00. The third-order valence-electron chi connectivity index (χ3n) is 4.18. The molecule has 0 aliphatic heterocycles. The number of sulfone groups is 1. The lowest BCUT2D eigenvalue weighted by Crippen LogP contribution is -2.56. The summed E-state index contributed by atoms with van der Waals surface area (Å²) in [6, 6.07) is 2.83. The van der Waals surface area contributed by atoms with Crippen molar-refractivity contribution in [1.29, 1.82) is 0 Å². The summed E-state index contributed by atoms with van der Waals surface area (Å²) < 4.78 is 23.1. The van der Waals surface area contributed by atoms with Gasteiger partial charge in [0.15, 0.2) is 9.84 Å². The molecule has 1 aliphatic carbocycles. The van der Waals surface area contributed by atoms with E-state index in [0.29, 0.717) is 12.8 Å². The van der Waals surface area contributed by atoms with Gasteiger partial charge in [0.25, 0.3) is 5.91 Å². The molecule has 6 nitrogen and oxygen atoms in total. The molecule has 0 spiro atoms. The van der Waals surface area contributed by atoms with Crippen molar-refractivity contribution in [3.63, 3.8) is 0 Å². The number of carbonyl (C=O) groups is 2. The fourth-order valence-corrected chi connectivity index (χ4v) is 4.73. The first-order valence-electron chi connectivity index (χ1n) is 7.00. The summed E-state index contributed by atoms with van der Waals surface area (Å²) in [4.78, 5) is 25.8. The summed E-state index contributed by atoms with van der Waals surface area (Å²) in [6.45, 7) is 0. The Labute approximate surface area is 133 Å². The van der Waals surface area contributed by atoms with Crippen molar-refractivity contribution in [3.8, 4) is 0 Å². The molecule has 0 radical (unpaired) electrons. The largest absolute Gasteiger partial charge is 0.479 e. The first-order valence-corrected chi connectivity index (χ1v) is 9.71. The van der Waals surface area contributed by atoms with E-state index < -0.39 is 27.3 Å². The van der Waals surface area contributed by atoms with Crippen molar-refractivity contribution in [2.75, 3.05) is 13.3 Å². The van der Waals surface area contributed by atoms with Gasteiger partial charge < -0.3 is 10.0 Å². The molecule has 1 aromatic rings. The highest BCUT2D eigenvalue weighted by atomic mass is 32.2. The molecule has 1 heterocycles. The van der Waals surface area contributed by atoms with Gasteiger partial charge in [-0.3, -0.25) is 4.79 Å². The van der Waals surface area contributed by atoms with Crippen LogP contribution in [-0.2, 0) is 14.6 Å². The van der Waals surface area contributed by atoms with Crippen molar-refractivity contribution < 1.29 is 23.1 Å².